The van der Waals surface area contributed by atoms with Gasteiger partial charge in [-0.25, -0.2) is 0 Å². The number of nitrogens with zero attached hydrogens (tertiary/aromatic N) is 1. The monoisotopic (exact) mass is 348 g/mol. The van der Waals surface area contributed by atoms with Crippen molar-refractivity contribution in [3.63, 3.8) is 0 Å². The van der Waals surface area contributed by atoms with Gasteiger partial charge in [0, 0.05) is 16.3 Å². The Morgan fingerprint density at radius 3 is 2.57 bits per heavy atom. The van der Waals surface area contributed by atoms with E-state index in [1.54, 1.807) is 48.7 Å². The highest BCUT2D eigenvalue weighted by Gasteiger charge is 2.01. The molecule has 0 aliphatic rings. The van der Waals surface area contributed by atoms with E-state index >= 15 is 0 Å². The van der Waals surface area contributed by atoms with Crippen molar-refractivity contribution in [2.75, 3.05) is 0 Å². The van der Waals surface area contributed by atoms with Gasteiger partial charge in [0.25, 0.3) is 0 Å². The van der Waals surface area contributed by atoms with Crippen LogP contribution in [0, 0.1) is 0 Å². The number of hydrogen-bond acceptors (Lipinski definition) is 3. The van der Waals surface area contributed by atoms with Gasteiger partial charge in [0.1, 0.15) is 11.4 Å². The minimum absolute atomic E-state index is 0.0803. The Labute approximate surface area is 132 Å². The zero-order valence-electron chi connectivity index (χ0n) is 11.9. The van der Waals surface area contributed by atoms with Crippen molar-refractivity contribution < 1.29 is 9.90 Å². The fraction of sp³-hybridized carbons (Fsp3) is 0.125. The molecule has 0 atom stereocenters. The molecule has 0 aliphatic heterocycles. The molecule has 110 valence electrons. The third-order valence-electron chi connectivity index (χ3n) is 2.46. The summed E-state index contributed by atoms with van der Waals surface area (Å²) >= 11 is 3.25. The van der Waals surface area contributed by atoms with Crippen LogP contribution in [0.3, 0.4) is 0 Å². The molecule has 0 heterocycles. The summed E-state index contributed by atoms with van der Waals surface area (Å²) in [5.74, 6) is -0.404. The van der Waals surface area contributed by atoms with Crippen molar-refractivity contribution in [1.82, 2.24) is 0 Å². The lowest BCUT2D eigenvalue weighted by Gasteiger charge is -2.00. The van der Waals surface area contributed by atoms with Crippen molar-refractivity contribution in [1.29, 1.82) is 0 Å². The third kappa shape index (κ3) is 5.04. The van der Waals surface area contributed by atoms with Crippen LogP contribution in [0.25, 0.3) is 0 Å². The summed E-state index contributed by atoms with van der Waals surface area (Å²) in [7, 11) is 0. The fourth-order valence-corrected chi connectivity index (χ4v) is 1.87. The molecule has 5 heteroatoms. The van der Waals surface area contributed by atoms with Gasteiger partial charge < -0.3 is 10.8 Å². The topological polar surface area (TPSA) is 75.7 Å². The summed E-state index contributed by atoms with van der Waals surface area (Å²) < 4.78 is 0.777. The minimum Gasteiger partial charge on any atom is -0.506 e. The number of amides is 1. The number of halogens is 1. The Kier molecular flexibility index (Phi) is 6.62. The van der Waals surface area contributed by atoms with Crippen LogP contribution in [0.5, 0.6) is 5.75 Å². The molecular formula is C16H17BrN2O2. The highest BCUT2D eigenvalue weighted by atomic mass is 79.9. The van der Waals surface area contributed by atoms with Crippen LogP contribution in [-0.2, 0) is 0 Å². The molecule has 0 saturated heterocycles. The number of benzene rings is 2. The molecule has 0 fully saturated rings. The first-order valence-corrected chi connectivity index (χ1v) is 7.28. The molecule has 0 aliphatic carbocycles. The van der Waals surface area contributed by atoms with E-state index in [1.807, 2.05) is 13.8 Å². The normalized spacial score (nSPS) is 10.0. The van der Waals surface area contributed by atoms with Crippen LogP contribution in [0.15, 0.2) is 51.9 Å². The van der Waals surface area contributed by atoms with E-state index < -0.39 is 5.91 Å². The zero-order valence-corrected chi connectivity index (χ0v) is 13.5. The molecule has 2 aromatic carbocycles. The first-order valence-electron chi connectivity index (χ1n) is 6.49. The van der Waals surface area contributed by atoms with Crippen molar-refractivity contribution in [3.8, 4) is 5.75 Å². The van der Waals surface area contributed by atoms with Crippen molar-refractivity contribution in [2.45, 2.75) is 13.8 Å². The second-order valence-corrected chi connectivity index (χ2v) is 4.80. The molecule has 1 amide bonds. The molecule has 4 nitrogen and oxygen atoms in total. The number of rotatable bonds is 3. The van der Waals surface area contributed by atoms with Crippen LogP contribution >= 0.6 is 15.9 Å². The number of aliphatic imine (C=N–C) groups is 1. The maximum atomic E-state index is 11.1. The molecule has 3 N–H and O–H groups in total. The van der Waals surface area contributed by atoms with Gasteiger partial charge in [0.05, 0.1) is 0 Å². The highest BCUT2D eigenvalue weighted by molar-refractivity contribution is 9.10. The minimum atomic E-state index is -0.485. The van der Waals surface area contributed by atoms with Crippen LogP contribution < -0.4 is 5.73 Å². The van der Waals surface area contributed by atoms with Gasteiger partial charge in [0.2, 0.25) is 5.91 Å². The summed E-state index contributed by atoms with van der Waals surface area (Å²) in [6.45, 7) is 4.00. The molecule has 0 aromatic heterocycles. The number of aromatic hydroxyl groups is 1. The standard InChI is InChI=1S/C14H11BrN2O2.C2H6/c15-11-4-5-12(13(18)7-11)17-8-9-2-1-3-10(6-9)14(16)19;1-2/h1-8,18H,(H2,16,19);1-2H3. The molecule has 0 saturated carbocycles. The maximum absolute atomic E-state index is 11.1. The number of primary amides is 1. The van der Waals surface area contributed by atoms with Gasteiger partial charge in [-0.05, 0) is 35.9 Å². The second-order valence-electron chi connectivity index (χ2n) is 3.88. The van der Waals surface area contributed by atoms with E-state index in [9.17, 15) is 9.90 Å². The van der Waals surface area contributed by atoms with Crippen LogP contribution in [0.2, 0.25) is 0 Å². The van der Waals surface area contributed by atoms with Gasteiger partial charge in [-0.1, -0.05) is 41.9 Å². The van der Waals surface area contributed by atoms with E-state index in [4.69, 9.17) is 5.73 Å². The summed E-state index contributed by atoms with van der Waals surface area (Å²) in [5.41, 5.74) is 6.81. The molecule has 0 bridgehead atoms. The first kappa shape index (κ1) is 16.9. The van der Waals surface area contributed by atoms with Crippen LogP contribution in [0.4, 0.5) is 5.69 Å². The Morgan fingerprint density at radius 1 is 1.24 bits per heavy atom. The van der Waals surface area contributed by atoms with E-state index in [0.29, 0.717) is 11.3 Å². The predicted molar refractivity (Wildman–Crippen MR) is 89.4 cm³/mol. The van der Waals surface area contributed by atoms with E-state index in [2.05, 4.69) is 20.9 Å². The second kappa shape index (κ2) is 8.21. The van der Waals surface area contributed by atoms with Gasteiger partial charge in [-0.15, -0.1) is 0 Å². The van der Waals surface area contributed by atoms with Crippen molar-refractivity contribution in [3.05, 3.63) is 58.1 Å². The Balaban J connectivity index is 0.00000106. The number of phenolic OH excluding ortho intramolecular Hbond substituents is 1. The van der Waals surface area contributed by atoms with Crippen LogP contribution in [0.1, 0.15) is 29.8 Å². The summed E-state index contributed by atoms with van der Waals surface area (Å²) in [6, 6.07) is 11.8. The quantitative estimate of drug-likeness (QED) is 0.821. The lowest BCUT2D eigenvalue weighted by atomic mass is 10.1. The summed E-state index contributed by atoms with van der Waals surface area (Å²) in [4.78, 5) is 15.2. The number of carbonyl (C=O) groups excluding carboxylic acids is 1. The third-order valence-corrected chi connectivity index (χ3v) is 2.95. The average molecular weight is 349 g/mol. The van der Waals surface area contributed by atoms with E-state index in [1.165, 1.54) is 0 Å². The Hall–Kier alpha value is -2.14. The van der Waals surface area contributed by atoms with Gasteiger partial charge in [-0.3, -0.25) is 9.79 Å². The van der Waals surface area contributed by atoms with E-state index in [-0.39, 0.29) is 5.75 Å². The van der Waals surface area contributed by atoms with Crippen LogP contribution in [-0.4, -0.2) is 17.2 Å². The Bertz CT molecular complexity index is 654. The predicted octanol–water partition coefficient (Wildman–Crippen LogP) is 4.03. The first-order chi connectivity index (χ1) is 10.1. The zero-order chi connectivity index (χ0) is 15.8. The van der Waals surface area contributed by atoms with E-state index in [0.717, 1.165) is 10.0 Å². The molecule has 0 unspecified atom stereocenters. The molecular weight excluding hydrogens is 332 g/mol. The smallest absolute Gasteiger partial charge is 0.248 e. The molecule has 2 rings (SSSR count). The largest absolute Gasteiger partial charge is 0.506 e. The van der Waals surface area contributed by atoms with Crippen molar-refractivity contribution in [2.24, 2.45) is 10.7 Å². The lowest BCUT2D eigenvalue weighted by molar-refractivity contribution is 0.100. The molecule has 21 heavy (non-hydrogen) atoms. The number of nitrogens with two attached hydrogens (primary N) is 1. The number of phenols is 1. The Morgan fingerprint density at radius 2 is 1.95 bits per heavy atom. The summed E-state index contributed by atoms with van der Waals surface area (Å²) in [6.07, 6.45) is 1.56. The van der Waals surface area contributed by atoms with Gasteiger partial charge >= 0.3 is 0 Å². The van der Waals surface area contributed by atoms with Crippen molar-refractivity contribution >= 4 is 33.7 Å². The molecule has 2 aromatic rings. The SMILES string of the molecule is CC.NC(=O)c1cccc(C=Nc2ccc(Br)cc2O)c1. The fourth-order valence-electron chi connectivity index (χ4n) is 1.52. The highest BCUT2D eigenvalue weighted by Crippen LogP contribution is 2.29. The number of carbonyl (C=O) groups is 1. The molecule has 0 radical (unpaired) electrons. The maximum Gasteiger partial charge on any atom is 0.248 e. The number of hydrogen-bond donors (Lipinski definition) is 2. The molecule has 0 spiro atoms. The van der Waals surface area contributed by atoms with Gasteiger partial charge in [-0.2, -0.15) is 0 Å². The lowest BCUT2D eigenvalue weighted by Crippen LogP contribution is -2.10. The van der Waals surface area contributed by atoms with Gasteiger partial charge in [0.15, 0.2) is 0 Å². The summed E-state index contributed by atoms with van der Waals surface area (Å²) in [5, 5.41) is 9.69. The average Bonchev–Trinajstić information content (AvgIpc) is 2.49.